The van der Waals surface area contributed by atoms with Crippen LogP contribution in [0.4, 0.5) is 0 Å². The van der Waals surface area contributed by atoms with Gasteiger partial charge in [0.2, 0.25) is 5.91 Å². The number of aromatic nitrogens is 1. The first-order valence-corrected chi connectivity index (χ1v) is 9.72. The van der Waals surface area contributed by atoms with Crippen molar-refractivity contribution in [1.29, 1.82) is 0 Å². The molecule has 0 radical (unpaired) electrons. The van der Waals surface area contributed by atoms with E-state index in [-0.39, 0.29) is 11.7 Å². The van der Waals surface area contributed by atoms with Crippen LogP contribution < -0.4 is 15.6 Å². The smallest absolute Gasteiger partial charge is 0.279 e. The van der Waals surface area contributed by atoms with Crippen molar-refractivity contribution in [3.05, 3.63) is 53.6 Å². The van der Waals surface area contributed by atoms with Crippen LogP contribution in [0.2, 0.25) is 0 Å². The number of benzene rings is 2. The van der Waals surface area contributed by atoms with Crippen LogP contribution in [0.5, 0.6) is 5.75 Å². The van der Waals surface area contributed by atoms with E-state index in [1.807, 2.05) is 56.3 Å². The second-order valence-corrected chi connectivity index (χ2v) is 7.16. The zero-order valence-corrected chi connectivity index (χ0v) is 16.6. The third kappa shape index (κ3) is 4.83. The lowest BCUT2D eigenvalue weighted by molar-refractivity contribution is -0.131. The second-order valence-electron chi connectivity index (χ2n) is 6.23. The number of oxazole rings is 1. The lowest BCUT2D eigenvalue weighted by Gasteiger charge is -2.17. The maximum atomic E-state index is 12.2. The van der Waals surface area contributed by atoms with E-state index in [0.717, 1.165) is 28.4 Å². The van der Waals surface area contributed by atoms with Crippen LogP contribution in [0.15, 0.2) is 52.1 Å². The van der Waals surface area contributed by atoms with Crippen LogP contribution in [0.1, 0.15) is 18.1 Å². The highest BCUT2D eigenvalue weighted by Crippen LogP contribution is 2.23. The molecular weight excluding hydrogens is 378 g/mol. The molecule has 0 saturated heterocycles. The zero-order valence-electron chi connectivity index (χ0n) is 15.8. The van der Waals surface area contributed by atoms with Crippen LogP contribution in [0.25, 0.3) is 11.1 Å². The van der Waals surface area contributed by atoms with Gasteiger partial charge in [-0.25, -0.2) is 4.98 Å². The van der Waals surface area contributed by atoms with Gasteiger partial charge in [0.1, 0.15) is 11.3 Å². The van der Waals surface area contributed by atoms with E-state index >= 15 is 0 Å². The number of amides is 2. The fraction of sp³-hybridized carbons (Fsp3) is 0.250. The Kier molecular flexibility index (Phi) is 6.20. The zero-order chi connectivity index (χ0) is 20.1. The highest BCUT2D eigenvalue weighted by Gasteiger charge is 2.17. The fourth-order valence-corrected chi connectivity index (χ4v) is 3.04. The van der Waals surface area contributed by atoms with Crippen molar-refractivity contribution >= 4 is 34.7 Å². The molecule has 0 aliphatic rings. The number of nitrogens with one attached hydrogen (secondary N) is 2. The highest BCUT2D eigenvalue weighted by molar-refractivity contribution is 7.99. The van der Waals surface area contributed by atoms with Gasteiger partial charge in [-0.15, -0.1) is 0 Å². The number of carbonyl (C=O) groups excluding carboxylic acids is 2. The summed E-state index contributed by atoms with van der Waals surface area (Å²) in [6.45, 7) is 5.53. The minimum Gasteiger partial charge on any atom is -0.481 e. The molecule has 1 heterocycles. The van der Waals surface area contributed by atoms with Gasteiger partial charge in [0.25, 0.3) is 11.1 Å². The summed E-state index contributed by atoms with van der Waals surface area (Å²) in [6, 6.07) is 13.0. The monoisotopic (exact) mass is 399 g/mol. The number of nitrogens with zero attached hydrogens (tertiary/aromatic N) is 1. The van der Waals surface area contributed by atoms with Gasteiger partial charge in [-0.05, 0) is 50.1 Å². The first kappa shape index (κ1) is 19.8. The van der Waals surface area contributed by atoms with Gasteiger partial charge in [-0.1, -0.05) is 36.0 Å². The summed E-state index contributed by atoms with van der Waals surface area (Å²) in [6.07, 6.45) is -0.759. The molecule has 0 bridgehead atoms. The number of ether oxygens (including phenoxy) is 1. The van der Waals surface area contributed by atoms with Crippen LogP contribution in [-0.2, 0) is 9.59 Å². The molecule has 2 aromatic carbocycles. The van der Waals surface area contributed by atoms with Crippen molar-refractivity contribution in [3.63, 3.8) is 0 Å². The first-order chi connectivity index (χ1) is 13.4. The van der Waals surface area contributed by atoms with Crippen LogP contribution in [-0.4, -0.2) is 28.7 Å². The molecule has 146 valence electrons. The summed E-state index contributed by atoms with van der Waals surface area (Å²) in [5.74, 6) is -0.125. The van der Waals surface area contributed by atoms with Crippen LogP contribution in [0, 0.1) is 13.8 Å². The molecule has 2 N–H and O–H groups in total. The Morgan fingerprint density at radius 2 is 1.93 bits per heavy atom. The van der Waals surface area contributed by atoms with E-state index in [9.17, 15) is 9.59 Å². The number of thioether (sulfide) groups is 1. The molecule has 1 aromatic heterocycles. The normalized spacial score (nSPS) is 11.8. The Morgan fingerprint density at radius 3 is 2.71 bits per heavy atom. The molecule has 7 nitrogen and oxygen atoms in total. The van der Waals surface area contributed by atoms with Crippen molar-refractivity contribution in [2.45, 2.75) is 32.1 Å². The highest BCUT2D eigenvalue weighted by atomic mass is 32.2. The summed E-state index contributed by atoms with van der Waals surface area (Å²) >= 11 is 1.15. The van der Waals surface area contributed by atoms with Gasteiger partial charge in [0.15, 0.2) is 11.7 Å². The number of rotatable bonds is 6. The van der Waals surface area contributed by atoms with Crippen molar-refractivity contribution in [3.8, 4) is 5.75 Å². The molecule has 0 spiro atoms. The standard InChI is InChI=1S/C20H21N3O4S/c1-12-7-6-10-16(13(12)2)26-14(3)19(25)23-22-18(24)11-28-20-21-15-8-4-5-9-17(15)27-20/h4-10,14H,11H2,1-3H3,(H,22,24)(H,23,25)/t14-/m1/s1. The summed E-state index contributed by atoms with van der Waals surface area (Å²) in [7, 11) is 0. The minimum atomic E-state index is -0.759. The molecule has 0 aliphatic carbocycles. The van der Waals surface area contributed by atoms with E-state index in [1.54, 1.807) is 6.92 Å². The molecule has 0 unspecified atom stereocenters. The summed E-state index contributed by atoms with van der Waals surface area (Å²) in [4.78, 5) is 28.4. The Balaban J connectivity index is 1.45. The van der Waals surface area contributed by atoms with Gasteiger partial charge in [-0.3, -0.25) is 20.4 Å². The maximum absolute atomic E-state index is 12.2. The minimum absolute atomic E-state index is 0.0549. The molecule has 0 fully saturated rings. The summed E-state index contributed by atoms with van der Waals surface area (Å²) in [5.41, 5.74) is 8.19. The Hall–Kier alpha value is -3.00. The Labute approximate surface area is 166 Å². The number of para-hydroxylation sites is 2. The lowest BCUT2D eigenvalue weighted by atomic mass is 10.1. The molecule has 3 aromatic rings. The number of aryl methyl sites for hydroxylation is 1. The molecule has 0 aliphatic heterocycles. The van der Waals surface area contributed by atoms with Gasteiger partial charge >= 0.3 is 0 Å². The fourth-order valence-electron chi connectivity index (χ4n) is 2.40. The summed E-state index contributed by atoms with van der Waals surface area (Å²) in [5, 5.41) is 0.398. The van der Waals surface area contributed by atoms with Crippen molar-refractivity contribution in [1.82, 2.24) is 15.8 Å². The van der Waals surface area contributed by atoms with Gasteiger partial charge in [0.05, 0.1) is 5.75 Å². The number of fused-ring (bicyclic) bond motifs is 1. The average Bonchev–Trinajstić information content (AvgIpc) is 3.11. The SMILES string of the molecule is Cc1cccc(O[C@H](C)C(=O)NNC(=O)CSc2nc3ccccc3o2)c1C. The first-order valence-electron chi connectivity index (χ1n) is 8.74. The van der Waals surface area contributed by atoms with E-state index in [0.29, 0.717) is 16.6 Å². The Morgan fingerprint density at radius 1 is 1.14 bits per heavy atom. The Bertz CT molecular complexity index is 969. The molecule has 28 heavy (non-hydrogen) atoms. The van der Waals surface area contributed by atoms with Gasteiger partial charge < -0.3 is 9.15 Å². The largest absolute Gasteiger partial charge is 0.481 e. The van der Waals surface area contributed by atoms with Crippen molar-refractivity contribution < 1.29 is 18.7 Å². The van der Waals surface area contributed by atoms with Gasteiger partial charge in [0, 0.05) is 0 Å². The second kappa shape index (κ2) is 8.79. The molecule has 2 amide bonds. The van der Waals surface area contributed by atoms with E-state index in [4.69, 9.17) is 9.15 Å². The number of hydrogen-bond donors (Lipinski definition) is 2. The topological polar surface area (TPSA) is 93.5 Å². The quantitative estimate of drug-likeness (QED) is 0.489. The number of hydrogen-bond acceptors (Lipinski definition) is 6. The number of hydrazine groups is 1. The molecule has 8 heteroatoms. The van der Waals surface area contributed by atoms with E-state index in [1.165, 1.54) is 0 Å². The van der Waals surface area contributed by atoms with E-state index in [2.05, 4.69) is 15.8 Å². The predicted molar refractivity (Wildman–Crippen MR) is 107 cm³/mol. The molecule has 1 atom stereocenters. The third-order valence-corrected chi connectivity index (χ3v) is 4.98. The van der Waals surface area contributed by atoms with Crippen molar-refractivity contribution in [2.75, 3.05) is 5.75 Å². The average molecular weight is 399 g/mol. The maximum Gasteiger partial charge on any atom is 0.279 e. The van der Waals surface area contributed by atoms with E-state index < -0.39 is 12.0 Å². The van der Waals surface area contributed by atoms with Gasteiger partial charge in [-0.2, -0.15) is 0 Å². The lowest BCUT2D eigenvalue weighted by Crippen LogP contribution is -2.47. The molecule has 0 saturated carbocycles. The van der Waals surface area contributed by atoms with Crippen molar-refractivity contribution in [2.24, 2.45) is 0 Å². The van der Waals surface area contributed by atoms with Crippen LogP contribution in [0.3, 0.4) is 0 Å². The molecule has 3 rings (SSSR count). The predicted octanol–water partition coefficient (Wildman–Crippen LogP) is 3.15. The molecular formula is C20H21N3O4S. The number of carbonyl (C=O) groups is 2. The summed E-state index contributed by atoms with van der Waals surface area (Å²) < 4.78 is 11.2. The van der Waals surface area contributed by atoms with Crippen LogP contribution >= 0.6 is 11.8 Å². The third-order valence-electron chi connectivity index (χ3n) is 4.15.